The molecule has 0 radical (unpaired) electrons. The SMILES string of the molecule is BrCCn1ccc2ccncc21. The van der Waals surface area contributed by atoms with Crippen LogP contribution in [0.4, 0.5) is 0 Å². The predicted molar refractivity (Wildman–Crippen MR) is 53.5 cm³/mol. The molecule has 0 bridgehead atoms. The fraction of sp³-hybridized carbons (Fsp3) is 0.222. The van der Waals surface area contributed by atoms with E-state index in [2.05, 4.69) is 37.7 Å². The van der Waals surface area contributed by atoms with E-state index in [-0.39, 0.29) is 0 Å². The van der Waals surface area contributed by atoms with Gasteiger partial charge in [-0.15, -0.1) is 0 Å². The molecule has 2 heterocycles. The average molecular weight is 225 g/mol. The van der Waals surface area contributed by atoms with E-state index in [9.17, 15) is 0 Å². The van der Waals surface area contributed by atoms with E-state index in [1.54, 1.807) is 0 Å². The molecular weight excluding hydrogens is 216 g/mol. The zero-order chi connectivity index (χ0) is 8.39. The predicted octanol–water partition coefficient (Wildman–Crippen LogP) is 2.43. The Bertz CT molecular complexity index is 381. The van der Waals surface area contributed by atoms with Crippen molar-refractivity contribution in [2.75, 3.05) is 5.33 Å². The molecule has 2 aromatic rings. The number of aromatic nitrogens is 2. The first-order valence-electron chi connectivity index (χ1n) is 3.86. The smallest absolute Gasteiger partial charge is 0.0666 e. The third-order valence-electron chi connectivity index (χ3n) is 1.90. The van der Waals surface area contributed by atoms with Crippen molar-refractivity contribution in [1.82, 2.24) is 9.55 Å². The van der Waals surface area contributed by atoms with Gasteiger partial charge in [0.1, 0.15) is 0 Å². The Morgan fingerprint density at radius 1 is 1.42 bits per heavy atom. The molecule has 62 valence electrons. The van der Waals surface area contributed by atoms with Crippen LogP contribution in [0.2, 0.25) is 0 Å². The van der Waals surface area contributed by atoms with Crippen LogP contribution < -0.4 is 0 Å². The Morgan fingerprint density at radius 2 is 2.33 bits per heavy atom. The maximum Gasteiger partial charge on any atom is 0.0666 e. The standard InChI is InChI=1S/C9H9BrN2/c10-3-6-12-5-2-8-1-4-11-7-9(8)12/h1-2,4-5,7H,3,6H2. The third-order valence-corrected chi connectivity index (χ3v) is 2.26. The molecule has 0 saturated carbocycles. The molecule has 0 fully saturated rings. The van der Waals surface area contributed by atoms with Gasteiger partial charge in [-0.05, 0) is 12.1 Å². The molecule has 2 nitrogen and oxygen atoms in total. The Balaban J connectivity index is 2.55. The largest absolute Gasteiger partial charge is 0.345 e. The zero-order valence-electron chi connectivity index (χ0n) is 6.57. The van der Waals surface area contributed by atoms with E-state index < -0.39 is 0 Å². The topological polar surface area (TPSA) is 17.8 Å². The summed E-state index contributed by atoms with van der Waals surface area (Å²) in [6.07, 6.45) is 5.81. The highest BCUT2D eigenvalue weighted by Gasteiger charge is 1.97. The molecule has 0 aliphatic carbocycles. The van der Waals surface area contributed by atoms with Crippen LogP contribution in [0.25, 0.3) is 10.9 Å². The lowest BCUT2D eigenvalue weighted by Gasteiger charge is -1.99. The zero-order valence-corrected chi connectivity index (χ0v) is 8.16. The average Bonchev–Trinajstić information content (AvgIpc) is 2.50. The summed E-state index contributed by atoms with van der Waals surface area (Å²) < 4.78 is 2.19. The van der Waals surface area contributed by atoms with E-state index in [0.717, 1.165) is 11.9 Å². The number of aryl methyl sites for hydroxylation is 1. The maximum absolute atomic E-state index is 4.09. The molecule has 0 atom stereocenters. The molecule has 0 N–H and O–H groups in total. The van der Waals surface area contributed by atoms with Gasteiger partial charge in [0.2, 0.25) is 0 Å². The highest BCUT2D eigenvalue weighted by atomic mass is 79.9. The summed E-state index contributed by atoms with van der Waals surface area (Å²) in [5.41, 5.74) is 1.21. The summed E-state index contributed by atoms with van der Waals surface area (Å²) in [5, 5.41) is 2.23. The molecule has 2 aromatic heterocycles. The van der Waals surface area contributed by atoms with Gasteiger partial charge in [-0.1, -0.05) is 15.9 Å². The highest BCUT2D eigenvalue weighted by Crippen LogP contribution is 2.13. The van der Waals surface area contributed by atoms with Gasteiger partial charge in [-0.2, -0.15) is 0 Å². The normalized spacial score (nSPS) is 10.8. The summed E-state index contributed by atoms with van der Waals surface area (Å²) in [6, 6.07) is 4.14. The van der Waals surface area contributed by atoms with Crippen molar-refractivity contribution in [3.63, 3.8) is 0 Å². The second-order valence-electron chi connectivity index (χ2n) is 2.63. The number of alkyl halides is 1. The first kappa shape index (κ1) is 7.80. The summed E-state index contributed by atoms with van der Waals surface area (Å²) in [5.74, 6) is 0. The fourth-order valence-electron chi connectivity index (χ4n) is 1.31. The van der Waals surface area contributed by atoms with Gasteiger partial charge >= 0.3 is 0 Å². The Hall–Kier alpha value is -0.830. The lowest BCUT2D eigenvalue weighted by molar-refractivity contribution is 0.810. The minimum atomic E-state index is 0.978. The van der Waals surface area contributed by atoms with Gasteiger partial charge in [0.25, 0.3) is 0 Å². The van der Waals surface area contributed by atoms with Gasteiger partial charge in [-0.3, -0.25) is 4.98 Å². The first-order chi connectivity index (χ1) is 5.92. The molecule has 2 rings (SSSR count). The van der Waals surface area contributed by atoms with Crippen LogP contribution in [0.5, 0.6) is 0 Å². The molecule has 0 unspecified atom stereocenters. The van der Waals surface area contributed by atoms with Gasteiger partial charge in [0.15, 0.2) is 0 Å². The number of nitrogens with zero attached hydrogens (tertiary/aromatic N) is 2. The third kappa shape index (κ3) is 1.25. The van der Waals surface area contributed by atoms with Crippen molar-refractivity contribution in [2.24, 2.45) is 0 Å². The van der Waals surface area contributed by atoms with E-state index >= 15 is 0 Å². The van der Waals surface area contributed by atoms with Crippen LogP contribution in [0.15, 0.2) is 30.7 Å². The molecule has 3 heteroatoms. The van der Waals surface area contributed by atoms with Crippen LogP contribution in [-0.2, 0) is 6.54 Å². The van der Waals surface area contributed by atoms with Crippen LogP contribution in [0, 0.1) is 0 Å². The van der Waals surface area contributed by atoms with Crippen molar-refractivity contribution < 1.29 is 0 Å². The molecule has 0 amide bonds. The second kappa shape index (κ2) is 3.27. The fourth-order valence-corrected chi connectivity index (χ4v) is 1.70. The summed E-state index contributed by atoms with van der Waals surface area (Å²) in [4.78, 5) is 4.09. The highest BCUT2D eigenvalue weighted by molar-refractivity contribution is 9.09. The van der Waals surface area contributed by atoms with Crippen LogP contribution in [0.1, 0.15) is 0 Å². The van der Waals surface area contributed by atoms with Gasteiger partial charge in [0, 0.05) is 29.7 Å². The Labute approximate surface area is 79.3 Å². The van der Waals surface area contributed by atoms with E-state index in [1.807, 2.05) is 18.5 Å². The number of pyridine rings is 1. The van der Waals surface area contributed by atoms with Crippen molar-refractivity contribution in [3.05, 3.63) is 30.7 Å². The number of halogens is 1. The van der Waals surface area contributed by atoms with E-state index in [1.165, 1.54) is 10.9 Å². The molecule has 0 aliphatic heterocycles. The van der Waals surface area contributed by atoms with Crippen LogP contribution in [0.3, 0.4) is 0 Å². The number of hydrogen-bond acceptors (Lipinski definition) is 1. The Morgan fingerprint density at radius 3 is 3.17 bits per heavy atom. The van der Waals surface area contributed by atoms with E-state index in [0.29, 0.717) is 0 Å². The summed E-state index contributed by atoms with van der Waals surface area (Å²) >= 11 is 3.42. The molecule has 0 spiro atoms. The quantitative estimate of drug-likeness (QED) is 0.717. The van der Waals surface area contributed by atoms with Crippen LogP contribution in [-0.4, -0.2) is 14.9 Å². The lowest BCUT2D eigenvalue weighted by atomic mass is 10.3. The molecule has 0 aromatic carbocycles. The van der Waals surface area contributed by atoms with Crippen molar-refractivity contribution in [2.45, 2.75) is 6.54 Å². The second-order valence-corrected chi connectivity index (χ2v) is 3.43. The molecule has 0 aliphatic rings. The monoisotopic (exact) mass is 224 g/mol. The maximum atomic E-state index is 4.09. The number of fused-ring (bicyclic) bond motifs is 1. The van der Waals surface area contributed by atoms with Crippen molar-refractivity contribution in [3.8, 4) is 0 Å². The minimum absolute atomic E-state index is 0.978. The van der Waals surface area contributed by atoms with Crippen molar-refractivity contribution >= 4 is 26.8 Å². The van der Waals surface area contributed by atoms with Crippen LogP contribution >= 0.6 is 15.9 Å². The first-order valence-corrected chi connectivity index (χ1v) is 4.99. The van der Waals surface area contributed by atoms with Gasteiger partial charge in [-0.25, -0.2) is 0 Å². The number of rotatable bonds is 2. The summed E-state index contributed by atoms with van der Waals surface area (Å²) in [7, 11) is 0. The molecule has 12 heavy (non-hydrogen) atoms. The molecule has 0 saturated heterocycles. The Kier molecular flexibility index (Phi) is 2.13. The minimum Gasteiger partial charge on any atom is -0.345 e. The van der Waals surface area contributed by atoms with Gasteiger partial charge in [0.05, 0.1) is 11.7 Å². The van der Waals surface area contributed by atoms with Gasteiger partial charge < -0.3 is 4.57 Å². The van der Waals surface area contributed by atoms with E-state index in [4.69, 9.17) is 0 Å². The lowest BCUT2D eigenvalue weighted by Crippen LogP contribution is -1.95. The molecular formula is C9H9BrN2. The van der Waals surface area contributed by atoms with Crippen molar-refractivity contribution in [1.29, 1.82) is 0 Å². The summed E-state index contributed by atoms with van der Waals surface area (Å²) in [6.45, 7) is 0.995. The number of hydrogen-bond donors (Lipinski definition) is 0.